The lowest BCUT2D eigenvalue weighted by Gasteiger charge is -2.44. The highest BCUT2D eigenvalue weighted by Gasteiger charge is 2.45. The van der Waals surface area contributed by atoms with Crippen molar-refractivity contribution >= 4 is 29.3 Å². The van der Waals surface area contributed by atoms with Gasteiger partial charge in [-0.2, -0.15) is 0 Å². The summed E-state index contributed by atoms with van der Waals surface area (Å²) < 4.78 is 0.521. The van der Waals surface area contributed by atoms with Gasteiger partial charge in [0.1, 0.15) is 17.3 Å². The van der Waals surface area contributed by atoms with Crippen molar-refractivity contribution in [3.05, 3.63) is 58.7 Å². The standard InChI is InChI=1S/C16H20OS2.C14H16O2/c17-13-3-4-14-12(9-13)2-1-11-5-6-16(10-15(11)14)18-7-8-19-16;15-11-5-6-13-10(7-11)2-1-9-3-4-12(16)8-14(9)13/h3-4,9,11,15,17H,1-2,5-8,10H2;5-7,9,14-15H,1-4,8H2/t11-,15-;9-,14-/m00/s1. The van der Waals surface area contributed by atoms with Crippen molar-refractivity contribution in [2.45, 2.75) is 80.1 Å². The quantitative estimate of drug-likeness (QED) is 0.394. The number of aromatic hydroxyl groups is 2. The fraction of sp³-hybridized carbons (Fsp3) is 0.567. The second-order valence-electron chi connectivity index (χ2n) is 11.2. The molecular formula is C30H36O3S2. The number of Topliss-reactive ketones (excluding diaryl/α,β-unsaturated/α-hetero) is 1. The lowest BCUT2D eigenvalue weighted by atomic mass is 9.68. The number of thioether (sulfide) groups is 2. The molecule has 0 aromatic heterocycles. The van der Waals surface area contributed by atoms with E-state index in [9.17, 15) is 15.0 Å². The van der Waals surface area contributed by atoms with E-state index in [0.29, 0.717) is 39.6 Å². The molecule has 4 aliphatic carbocycles. The third-order valence-electron chi connectivity index (χ3n) is 9.24. The number of benzene rings is 2. The smallest absolute Gasteiger partial charge is 0.133 e. The van der Waals surface area contributed by atoms with Gasteiger partial charge in [-0.25, -0.2) is 0 Å². The second-order valence-corrected chi connectivity index (χ2v) is 14.4. The minimum Gasteiger partial charge on any atom is -0.508 e. The van der Waals surface area contributed by atoms with Gasteiger partial charge in [-0.15, -0.1) is 23.5 Å². The van der Waals surface area contributed by atoms with Crippen LogP contribution in [0, 0.1) is 11.8 Å². The second kappa shape index (κ2) is 9.70. The lowest BCUT2D eigenvalue weighted by molar-refractivity contribution is -0.121. The third-order valence-corrected chi connectivity index (χ3v) is 12.8. The molecule has 1 saturated heterocycles. The molecule has 2 aromatic carbocycles. The van der Waals surface area contributed by atoms with Gasteiger partial charge in [-0.05, 0) is 122 Å². The number of carbonyl (C=O) groups is 1. The van der Waals surface area contributed by atoms with Crippen LogP contribution in [0.5, 0.6) is 11.5 Å². The molecule has 0 unspecified atom stereocenters. The Morgan fingerprint density at radius 1 is 0.743 bits per heavy atom. The highest BCUT2D eigenvalue weighted by Crippen LogP contribution is 2.59. The maximum atomic E-state index is 11.5. The zero-order valence-corrected chi connectivity index (χ0v) is 22.0. The van der Waals surface area contributed by atoms with E-state index in [4.69, 9.17) is 0 Å². The first-order chi connectivity index (χ1) is 17.0. The minimum atomic E-state index is 0.347. The molecule has 0 bridgehead atoms. The highest BCUT2D eigenvalue weighted by molar-refractivity contribution is 8.21. The number of aryl methyl sites for hydroxylation is 2. The lowest BCUT2D eigenvalue weighted by Crippen LogP contribution is -2.34. The summed E-state index contributed by atoms with van der Waals surface area (Å²) in [5.74, 6) is 6.62. The molecule has 0 amide bonds. The Hall–Kier alpha value is -1.59. The number of ketones is 1. The monoisotopic (exact) mass is 508 g/mol. The molecule has 186 valence electrons. The molecule has 2 saturated carbocycles. The summed E-state index contributed by atoms with van der Waals surface area (Å²) in [5.41, 5.74) is 5.51. The molecule has 35 heavy (non-hydrogen) atoms. The van der Waals surface area contributed by atoms with Crippen LogP contribution in [0.3, 0.4) is 0 Å². The van der Waals surface area contributed by atoms with Crippen LogP contribution >= 0.6 is 23.5 Å². The van der Waals surface area contributed by atoms with Crippen molar-refractivity contribution in [2.75, 3.05) is 11.5 Å². The fourth-order valence-electron chi connectivity index (χ4n) is 7.47. The summed E-state index contributed by atoms with van der Waals surface area (Å²) in [6.45, 7) is 0. The van der Waals surface area contributed by atoms with Crippen molar-refractivity contribution in [2.24, 2.45) is 11.8 Å². The third kappa shape index (κ3) is 4.75. The molecular weight excluding hydrogens is 472 g/mol. The van der Waals surface area contributed by atoms with Crippen molar-refractivity contribution in [1.82, 2.24) is 0 Å². The van der Waals surface area contributed by atoms with E-state index in [2.05, 4.69) is 29.6 Å². The van der Waals surface area contributed by atoms with Crippen LogP contribution in [0.15, 0.2) is 36.4 Å². The summed E-state index contributed by atoms with van der Waals surface area (Å²) in [5, 5.41) is 19.2. The molecule has 1 heterocycles. The van der Waals surface area contributed by atoms with Crippen LogP contribution in [0.2, 0.25) is 0 Å². The number of hydrogen-bond acceptors (Lipinski definition) is 5. The molecule has 0 radical (unpaired) electrons. The number of phenols is 2. The van der Waals surface area contributed by atoms with E-state index in [1.807, 2.05) is 24.3 Å². The molecule has 5 aliphatic rings. The van der Waals surface area contributed by atoms with Gasteiger partial charge in [0.25, 0.3) is 0 Å². The minimum absolute atomic E-state index is 0.347. The molecule has 7 rings (SSSR count). The normalized spacial score (nSPS) is 30.3. The van der Waals surface area contributed by atoms with E-state index < -0.39 is 0 Å². The maximum Gasteiger partial charge on any atom is 0.133 e. The first-order valence-corrected chi connectivity index (χ1v) is 15.4. The van der Waals surface area contributed by atoms with Crippen LogP contribution in [0.1, 0.15) is 85.5 Å². The van der Waals surface area contributed by atoms with Gasteiger partial charge in [0.2, 0.25) is 0 Å². The van der Waals surface area contributed by atoms with E-state index in [0.717, 1.165) is 37.5 Å². The Morgan fingerprint density at radius 3 is 1.97 bits per heavy atom. The average molecular weight is 509 g/mol. The number of hydrogen-bond donors (Lipinski definition) is 2. The van der Waals surface area contributed by atoms with Crippen molar-refractivity contribution in [3.63, 3.8) is 0 Å². The molecule has 1 spiro atoms. The maximum absolute atomic E-state index is 11.5. The van der Waals surface area contributed by atoms with Gasteiger partial charge in [-0.3, -0.25) is 4.79 Å². The van der Waals surface area contributed by atoms with E-state index >= 15 is 0 Å². The molecule has 1 aliphatic heterocycles. The topological polar surface area (TPSA) is 57.5 Å². The SMILES string of the molecule is O=C1CC[C@@H]2CCc3cc(O)ccc3[C@H]2C1.Oc1ccc2c(c1)CC[C@H]1CCC3(C[C@H]21)SCCS3. The number of fused-ring (bicyclic) bond motifs is 6. The largest absolute Gasteiger partial charge is 0.508 e. The highest BCUT2D eigenvalue weighted by atomic mass is 32.2. The summed E-state index contributed by atoms with van der Waals surface area (Å²) in [6, 6.07) is 11.7. The van der Waals surface area contributed by atoms with Gasteiger partial charge in [0.05, 0.1) is 4.08 Å². The molecule has 5 heteroatoms. The van der Waals surface area contributed by atoms with E-state index in [-0.39, 0.29) is 0 Å². The molecule has 3 fully saturated rings. The van der Waals surface area contributed by atoms with Gasteiger partial charge >= 0.3 is 0 Å². The zero-order chi connectivity index (χ0) is 24.0. The Labute approximate surface area is 217 Å². The van der Waals surface area contributed by atoms with Crippen molar-refractivity contribution < 1.29 is 15.0 Å². The van der Waals surface area contributed by atoms with Crippen LogP contribution < -0.4 is 0 Å². The fourth-order valence-corrected chi connectivity index (χ4v) is 10.8. The van der Waals surface area contributed by atoms with Crippen LogP contribution in [0.25, 0.3) is 0 Å². The number of phenolic OH excluding ortho intramolecular Hbond substituents is 2. The summed E-state index contributed by atoms with van der Waals surface area (Å²) in [6.07, 6.45) is 11.4. The molecule has 4 atom stereocenters. The van der Waals surface area contributed by atoms with Gasteiger partial charge in [0.15, 0.2) is 0 Å². The van der Waals surface area contributed by atoms with E-state index in [1.165, 1.54) is 60.3 Å². The Bertz CT molecular complexity index is 1110. The average Bonchev–Trinajstić information content (AvgIpc) is 3.31. The van der Waals surface area contributed by atoms with Crippen molar-refractivity contribution in [3.8, 4) is 11.5 Å². The van der Waals surface area contributed by atoms with Gasteiger partial charge in [0, 0.05) is 24.3 Å². The Kier molecular flexibility index (Phi) is 6.59. The van der Waals surface area contributed by atoms with Crippen LogP contribution in [-0.4, -0.2) is 31.6 Å². The molecule has 2 aromatic rings. The van der Waals surface area contributed by atoms with Crippen LogP contribution in [0.4, 0.5) is 0 Å². The first kappa shape index (κ1) is 23.8. The first-order valence-electron chi connectivity index (χ1n) is 13.4. The van der Waals surface area contributed by atoms with Crippen LogP contribution in [-0.2, 0) is 17.6 Å². The van der Waals surface area contributed by atoms with E-state index in [1.54, 1.807) is 11.6 Å². The summed E-state index contributed by atoms with van der Waals surface area (Å²) in [4.78, 5) is 11.5. The Morgan fingerprint density at radius 2 is 1.31 bits per heavy atom. The summed E-state index contributed by atoms with van der Waals surface area (Å²) in [7, 11) is 0. The summed E-state index contributed by atoms with van der Waals surface area (Å²) >= 11 is 4.43. The predicted octanol–water partition coefficient (Wildman–Crippen LogP) is 7.19. The van der Waals surface area contributed by atoms with Gasteiger partial charge in [-0.1, -0.05) is 12.1 Å². The molecule has 3 nitrogen and oxygen atoms in total. The Balaban J connectivity index is 0.000000133. The number of rotatable bonds is 0. The van der Waals surface area contributed by atoms with Crippen molar-refractivity contribution in [1.29, 1.82) is 0 Å². The zero-order valence-electron chi connectivity index (χ0n) is 20.4. The predicted molar refractivity (Wildman–Crippen MR) is 146 cm³/mol. The van der Waals surface area contributed by atoms with Gasteiger partial charge < -0.3 is 10.2 Å². The number of carbonyl (C=O) groups excluding carboxylic acids is 1. The molecule has 2 N–H and O–H groups in total.